The second kappa shape index (κ2) is 9.11. The van der Waals surface area contributed by atoms with Crippen LogP contribution in [0.15, 0.2) is 52.0 Å². The molecule has 1 aliphatic rings. The minimum absolute atomic E-state index is 0.0317. The first kappa shape index (κ1) is 21.5. The van der Waals surface area contributed by atoms with E-state index in [4.69, 9.17) is 4.42 Å². The molecule has 158 valence electrons. The first-order valence-electron chi connectivity index (χ1n) is 9.83. The summed E-state index contributed by atoms with van der Waals surface area (Å²) < 4.78 is 32.6. The summed E-state index contributed by atoms with van der Waals surface area (Å²) in [5, 5.41) is 3.01. The van der Waals surface area contributed by atoms with Crippen molar-refractivity contribution in [2.24, 2.45) is 5.92 Å². The molecule has 1 unspecified atom stereocenters. The molecule has 2 aromatic rings. The van der Waals surface area contributed by atoms with Gasteiger partial charge >= 0.3 is 0 Å². The molecule has 0 spiro atoms. The van der Waals surface area contributed by atoms with Gasteiger partial charge in [0, 0.05) is 25.6 Å². The highest BCUT2D eigenvalue weighted by Crippen LogP contribution is 2.25. The number of amides is 1. The number of likely N-dealkylation sites (N-methyl/N-ethyl adjacent to an activating group) is 1. The van der Waals surface area contributed by atoms with Crippen LogP contribution in [0.25, 0.3) is 0 Å². The SMILES string of the molecule is Cc1ccc(S(=O)(=O)N2CCC(C(=O)NCC(c3ccco3)N(C)C)CC2)cc1. The maximum Gasteiger partial charge on any atom is 0.243 e. The van der Waals surface area contributed by atoms with E-state index in [2.05, 4.69) is 5.32 Å². The summed E-state index contributed by atoms with van der Waals surface area (Å²) in [5.74, 6) is 0.587. The van der Waals surface area contributed by atoms with Gasteiger partial charge in [-0.15, -0.1) is 0 Å². The van der Waals surface area contributed by atoms with E-state index in [1.807, 2.05) is 38.1 Å². The predicted octanol–water partition coefficient (Wildman–Crippen LogP) is 2.41. The number of rotatable bonds is 7. The van der Waals surface area contributed by atoms with Gasteiger partial charge in [0.25, 0.3) is 0 Å². The Labute approximate surface area is 172 Å². The lowest BCUT2D eigenvalue weighted by Crippen LogP contribution is -2.44. The molecule has 0 aliphatic carbocycles. The van der Waals surface area contributed by atoms with E-state index in [0.717, 1.165) is 11.3 Å². The molecule has 1 aromatic heterocycles. The van der Waals surface area contributed by atoms with Crippen molar-refractivity contribution >= 4 is 15.9 Å². The zero-order valence-electron chi connectivity index (χ0n) is 17.2. The Morgan fingerprint density at radius 3 is 2.41 bits per heavy atom. The van der Waals surface area contributed by atoms with Gasteiger partial charge < -0.3 is 9.73 Å². The lowest BCUT2D eigenvalue weighted by molar-refractivity contribution is -0.126. The molecule has 1 aromatic carbocycles. The Bertz CT molecular complexity index is 900. The quantitative estimate of drug-likeness (QED) is 0.745. The maximum absolute atomic E-state index is 12.8. The van der Waals surface area contributed by atoms with Crippen molar-refractivity contribution in [1.29, 1.82) is 0 Å². The van der Waals surface area contributed by atoms with Crippen LogP contribution >= 0.6 is 0 Å². The first-order valence-corrected chi connectivity index (χ1v) is 11.3. The molecular weight excluding hydrogens is 390 g/mol. The number of carbonyl (C=O) groups is 1. The van der Waals surface area contributed by atoms with E-state index >= 15 is 0 Å². The summed E-state index contributed by atoms with van der Waals surface area (Å²) in [6.07, 6.45) is 2.66. The molecule has 7 nitrogen and oxygen atoms in total. The highest BCUT2D eigenvalue weighted by Gasteiger charge is 2.32. The normalized spacial score (nSPS) is 17.4. The summed E-state index contributed by atoms with van der Waals surface area (Å²) >= 11 is 0. The van der Waals surface area contributed by atoms with Gasteiger partial charge in [-0.25, -0.2) is 8.42 Å². The molecule has 1 aliphatic heterocycles. The predicted molar refractivity (Wildman–Crippen MR) is 111 cm³/mol. The van der Waals surface area contributed by atoms with Gasteiger partial charge in [0.15, 0.2) is 0 Å². The van der Waals surface area contributed by atoms with Crippen molar-refractivity contribution in [2.45, 2.75) is 30.7 Å². The van der Waals surface area contributed by atoms with Gasteiger partial charge in [0.1, 0.15) is 5.76 Å². The zero-order valence-corrected chi connectivity index (χ0v) is 18.0. The highest BCUT2D eigenvalue weighted by molar-refractivity contribution is 7.89. The third-order valence-corrected chi connectivity index (χ3v) is 7.36. The molecule has 2 heterocycles. The average molecular weight is 420 g/mol. The van der Waals surface area contributed by atoms with E-state index in [9.17, 15) is 13.2 Å². The summed E-state index contributed by atoms with van der Waals surface area (Å²) in [6, 6.07) is 10.6. The van der Waals surface area contributed by atoms with E-state index in [-0.39, 0.29) is 17.9 Å². The number of nitrogens with zero attached hydrogens (tertiary/aromatic N) is 2. The largest absolute Gasteiger partial charge is 0.468 e. The maximum atomic E-state index is 12.8. The molecule has 3 rings (SSSR count). The fourth-order valence-corrected chi connectivity index (χ4v) is 5.05. The molecule has 0 radical (unpaired) electrons. The number of piperidine rings is 1. The molecule has 29 heavy (non-hydrogen) atoms. The number of hydrogen-bond donors (Lipinski definition) is 1. The molecular formula is C21H29N3O4S. The molecule has 1 amide bonds. The fourth-order valence-electron chi connectivity index (χ4n) is 3.58. The third-order valence-electron chi connectivity index (χ3n) is 5.45. The summed E-state index contributed by atoms with van der Waals surface area (Å²) in [6.45, 7) is 3.07. The summed E-state index contributed by atoms with van der Waals surface area (Å²) in [5.41, 5.74) is 1.02. The Morgan fingerprint density at radius 2 is 1.86 bits per heavy atom. The van der Waals surface area contributed by atoms with Crippen LogP contribution < -0.4 is 5.32 Å². The number of aryl methyl sites for hydroxylation is 1. The van der Waals surface area contributed by atoms with E-state index in [1.54, 1.807) is 30.5 Å². The zero-order chi connectivity index (χ0) is 21.0. The Balaban J connectivity index is 1.54. The van der Waals surface area contributed by atoms with Gasteiger partial charge in [-0.1, -0.05) is 17.7 Å². The number of hydrogen-bond acceptors (Lipinski definition) is 5. The van der Waals surface area contributed by atoms with Crippen molar-refractivity contribution in [3.63, 3.8) is 0 Å². The van der Waals surface area contributed by atoms with Gasteiger partial charge in [-0.2, -0.15) is 4.31 Å². The Hall–Kier alpha value is -2.16. The molecule has 8 heteroatoms. The van der Waals surface area contributed by atoms with Crippen molar-refractivity contribution < 1.29 is 17.6 Å². The number of sulfonamides is 1. The van der Waals surface area contributed by atoms with Crippen LogP contribution in [0.2, 0.25) is 0 Å². The standard InChI is InChI=1S/C21H29N3O4S/c1-16-6-8-18(9-7-16)29(26,27)24-12-10-17(11-13-24)21(25)22-15-19(23(2)3)20-5-4-14-28-20/h4-9,14,17,19H,10-13,15H2,1-3H3,(H,22,25). The lowest BCUT2D eigenvalue weighted by atomic mass is 9.97. The molecule has 0 bridgehead atoms. The number of benzene rings is 1. The van der Waals surface area contributed by atoms with Gasteiger partial charge in [-0.05, 0) is 58.1 Å². The first-order chi connectivity index (χ1) is 13.8. The fraction of sp³-hybridized carbons (Fsp3) is 0.476. The van der Waals surface area contributed by atoms with Crippen molar-refractivity contribution in [1.82, 2.24) is 14.5 Å². The molecule has 1 saturated heterocycles. The van der Waals surface area contributed by atoms with E-state index in [1.165, 1.54) is 4.31 Å². The lowest BCUT2D eigenvalue weighted by Gasteiger charge is -2.31. The van der Waals surface area contributed by atoms with Crippen LogP contribution in [0.4, 0.5) is 0 Å². The monoisotopic (exact) mass is 419 g/mol. The van der Waals surface area contributed by atoms with Crippen molar-refractivity contribution in [3.8, 4) is 0 Å². The van der Waals surface area contributed by atoms with Gasteiger partial charge in [0.2, 0.25) is 15.9 Å². The summed E-state index contributed by atoms with van der Waals surface area (Å²) in [7, 11) is 0.365. The Kier molecular flexibility index (Phi) is 6.77. The average Bonchev–Trinajstić information content (AvgIpc) is 3.22. The second-order valence-corrected chi connectivity index (χ2v) is 9.67. The van der Waals surface area contributed by atoms with Gasteiger partial charge in [0.05, 0.1) is 17.2 Å². The van der Waals surface area contributed by atoms with Crippen LogP contribution in [0.1, 0.15) is 30.2 Å². The van der Waals surface area contributed by atoms with E-state index in [0.29, 0.717) is 37.4 Å². The number of nitrogens with one attached hydrogen (secondary N) is 1. The van der Waals surface area contributed by atoms with Crippen LogP contribution in [0, 0.1) is 12.8 Å². The second-order valence-electron chi connectivity index (χ2n) is 7.73. The minimum Gasteiger partial charge on any atom is -0.468 e. The van der Waals surface area contributed by atoms with Crippen molar-refractivity contribution in [3.05, 3.63) is 54.0 Å². The topological polar surface area (TPSA) is 82.9 Å². The molecule has 1 N–H and O–H groups in total. The third kappa shape index (κ3) is 5.07. The molecule has 1 atom stereocenters. The Morgan fingerprint density at radius 1 is 1.21 bits per heavy atom. The number of carbonyl (C=O) groups excluding carboxylic acids is 1. The van der Waals surface area contributed by atoms with E-state index < -0.39 is 10.0 Å². The van der Waals surface area contributed by atoms with Gasteiger partial charge in [-0.3, -0.25) is 9.69 Å². The molecule has 1 fully saturated rings. The summed E-state index contributed by atoms with van der Waals surface area (Å²) in [4.78, 5) is 14.9. The van der Waals surface area contributed by atoms with Crippen LogP contribution in [0.3, 0.4) is 0 Å². The van der Waals surface area contributed by atoms with Crippen molar-refractivity contribution in [2.75, 3.05) is 33.7 Å². The van der Waals surface area contributed by atoms with Crippen LogP contribution in [0.5, 0.6) is 0 Å². The minimum atomic E-state index is -3.51. The smallest absolute Gasteiger partial charge is 0.243 e. The number of furan rings is 1. The van der Waals surface area contributed by atoms with Crippen LogP contribution in [-0.4, -0.2) is 57.3 Å². The van der Waals surface area contributed by atoms with Crippen LogP contribution in [-0.2, 0) is 14.8 Å². The highest BCUT2D eigenvalue weighted by atomic mass is 32.2. The molecule has 0 saturated carbocycles.